The Morgan fingerprint density at radius 2 is 0.880 bits per heavy atom. The highest BCUT2D eigenvalue weighted by Crippen LogP contribution is 2.39. The van der Waals surface area contributed by atoms with Gasteiger partial charge in [0.1, 0.15) is 11.2 Å². The maximum absolute atomic E-state index is 6.43. The summed E-state index contributed by atoms with van der Waals surface area (Å²) in [6, 6.07) is 56.9. The zero-order valence-electron chi connectivity index (χ0n) is 26.7. The summed E-state index contributed by atoms with van der Waals surface area (Å²) in [4.78, 5) is 15.3. The molecule has 7 aromatic carbocycles. The normalized spacial score (nSPS) is 11.6. The first kappa shape index (κ1) is 28.6. The Morgan fingerprint density at radius 3 is 1.62 bits per heavy atom. The third-order valence-corrected chi connectivity index (χ3v) is 10.5. The van der Waals surface area contributed by atoms with Crippen molar-refractivity contribution in [2.75, 3.05) is 0 Å². The molecular weight excluding hydrogens is 631 g/mol. The Hall–Kier alpha value is -6.43. The Morgan fingerprint density at radius 1 is 0.360 bits per heavy atom. The number of hydrogen-bond donors (Lipinski definition) is 0. The first-order valence-corrected chi connectivity index (χ1v) is 17.4. The second-order valence-corrected chi connectivity index (χ2v) is 13.5. The minimum atomic E-state index is 0.575. The van der Waals surface area contributed by atoms with E-state index in [0.29, 0.717) is 17.5 Å². The molecule has 3 aromatic heterocycles. The van der Waals surface area contributed by atoms with Gasteiger partial charge in [-0.15, -0.1) is 11.3 Å². The fourth-order valence-corrected chi connectivity index (χ4v) is 8.03. The number of benzene rings is 7. The van der Waals surface area contributed by atoms with Gasteiger partial charge in [0.05, 0.1) is 5.56 Å². The van der Waals surface area contributed by atoms with Gasteiger partial charge in [-0.05, 0) is 46.5 Å². The van der Waals surface area contributed by atoms with E-state index in [2.05, 4.69) is 127 Å². The molecule has 0 radical (unpaired) electrons. The third-order valence-electron chi connectivity index (χ3n) is 9.37. The molecule has 5 heteroatoms. The topological polar surface area (TPSA) is 51.8 Å². The maximum Gasteiger partial charge on any atom is 0.167 e. The van der Waals surface area contributed by atoms with Gasteiger partial charge in [-0.3, -0.25) is 0 Å². The number of fused-ring (bicyclic) bond motifs is 6. The van der Waals surface area contributed by atoms with Crippen LogP contribution in [0.5, 0.6) is 0 Å². The first-order valence-electron chi connectivity index (χ1n) is 16.6. The molecule has 234 valence electrons. The maximum atomic E-state index is 6.43. The van der Waals surface area contributed by atoms with E-state index in [1.807, 2.05) is 36.4 Å². The monoisotopic (exact) mass is 657 g/mol. The first-order chi connectivity index (χ1) is 24.7. The fraction of sp³-hybridized carbons (Fsp3) is 0. The van der Waals surface area contributed by atoms with Crippen LogP contribution in [-0.2, 0) is 0 Å². The lowest BCUT2D eigenvalue weighted by Gasteiger charge is -2.10. The van der Waals surface area contributed by atoms with Crippen LogP contribution in [0.1, 0.15) is 0 Å². The van der Waals surface area contributed by atoms with Crippen molar-refractivity contribution in [2.24, 2.45) is 0 Å². The molecule has 0 saturated carbocycles. The summed E-state index contributed by atoms with van der Waals surface area (Å²) in [5.41, 5.74) is 9.04. The van der Waals surface area contributed by atoms with Crippen molar-refractivity contribution in [3.05, 3.63) is 164 Å². The van der Waals surface area contributed by atoms with Gasteiger partial charge in [-0.25, -0.2) is 15.0 Å². The lowest BCUT2D eigenvalue weighted by atomic mass is 10.0. The van der Waals surface area contributed by atoms with Crippen LogP contribution >= 0.6 is 11.3 Å². The van der Waals surface area contributed by atoms with E-state index in [1.54, 1.807) is 11.3 Å². The molecule has 50 heavy (non-hydrogen) atoms. The summed E-state index contributed by atoms with van der Waals surface area (Å²) in [6.45, 7) is 0. The third kappa shape index (κ3) is 4.87. The van der Waals surface area contributed by atoms with E-state index < -0.39 is 0 Å². The van der Waals surface area contributed by atoms with Crippen LogP contribution in [0.25, 0.3) is 98.5 Å². The predicted molar refractivity (Wildman–Crippen MR) is 207 cm³/mol. The van der Waals surface area contributed by atoms with E-state index in [-0.39, 0.29) is 0 Å². The van der Waals surface area contributed by atoms with Crippen molar-refractivity contribution in [3.8, 4) is 56.4 Å². The van der Waals surface area contributed by atoms with Crippen molar-refractivity contribution < 1.29 is 4.42 Å². The van der Waals surface area contributed by atoms with E-state index in [4.69, 9.17) is 19.4 Å². The number of aromatic nitrogens is 3. The molecule has 0 bridgehead atoms. The van der Waals surface area contributed by atoms with Crippen molar-refractivity contribution in [3.63, 3.8) is 0 Å². The minimum Gasteiger partial charge on any atom is -0.455 e. The highest BCUT2D eigenvalue weighted by molar-refractivity contribution is 7.25. The number of nitrogens with zero attached hydrogens (tertiary/aromatic N) is 3. The number of thiophene rings is 1. The summed E-state index contributed by atoms with van der Waals surface area (Å²) < 4.78 is 8.88. The Balaban J connectivity index is 1.13. The van der Waals surface area contributed by atoms with Crippen LogP contribution in [0.3, 0.4) is 0 Å². The summed E-state index contributed by atoms with van der Waals surface area (Å²) in [7, 11) is 0. The van der Waals surface area contributed by atoms with E-state index in [1.165, 1.54) is 36.9 Å². The number of furan rings is 1. The molecule has 4 nitrogen and oxygen atoms in total. The summed E-state index contributed by atoms with van der Waals surface area (Å²) in [6.07, 6.45) is 0. The second-order valence-electron chi connectivity index (χ2n) is 12.4. The van der Waals surface area contributed by atoms with E-state index in [0.717, 1.165) is 44.2 Å². The van der Waals surface area contributed by atoms with Crippen molar-refractivity contribution in [2.45, 2.75) is 0 Å². The molecular formula is C45H27N3OS. The largest absolute Gasteiger partial charge is 0.455 e. The molecule has 0 unspecified atom stereocenters. The van der Waals surface area contributed by atoms with Crippen LogP contribution in [0, 0.1) is 0 Å². The fourth-order valence-electron chi connectivity index (χ4n) is 6.85. The molecule has 0 atom stereocenters. The van der Waals surface area contributed by atoms with Crippen LogP contribution in [0.2, 0.25) is 0 Å². The number of hydrogen-bond acceptors (Lipinski definition) is 5. The van der Waals surface area contributed by atoms with Crippen LogP contribution in [0.15, 0.2) is 168 Å². The lowest BCUT2D eigenvalue weighted by molar-refractivity contribution is 0.669. The Kier molecular flexibility index (Phi) is 6.64. The lowest BCUT2D eigenvalue weighted by Crippen LogP contribution is -2.00. The van der Waals surface area contributed by atoms with Crippen molar-refractivity contribution >= 4 is 53.4 Å². The van der Waals surface area contributed by atoms with Gasteiger partial charge in [-0.1, -0.05) is 140 Å². The standard InChI is InChI=1S/C45H27N3OS/c1-3-10-28(11-4-1)30-18-20-31(21-19-30)43-46-44(48-45(47-43)38-16-9-15-37-34-14-7-8-17-39(34)49-42(37)38)33-23-25-36-35-24-22-32(29-12-5-2-6-13-29)26-40(35)50-41(36)27-33/h1-27H. The van der Waals surface area contributed by atoms with Gasteiger partial charge >= 0.3 is 0 Å². The summed E-state index contributed by atoms with van der Waals surface area (Å²) >= 11 is 1.80. The molecule has 0 amide bonds. The minimum absolute atomic E-state index is 0.575. The zero-order chi connectivity index (χ0) is 33.0. The SMILES string of the molecule is c1ccc(-c2ccc(-c3nc(-c4ccc5c(c4)sc4cc(-c6ccccc6)ccc45)nc(-c4cccc5c4oc4ccccc45)n3)cc2)cc1. The van der Waals surface area contributed by atoms with Gasteiger partial charge < -0.3 is 4.42 Å². The van der Waals surface area contributed by atoms with Gasteiger partial charge in [0.25, 0.3) is 0 Å². The molecule has 0 aliphatic heterocycles. The average Bonchev–Trinajstić information content (AvgIpc) is 3.76. The van der Waals surface area contributed by atoms with Gasteiger partial charge in [-0.2, -0.15) is 0 Å². The number of para-hydroxylation sites is 2. The van der Waals surface area contributed by atoms with E-state index in [9.17, 15) is 0 Å². The highest BCUT2D eigenvalue weighted by Gasteiger charge is 2.18. The van der Waals surface area contributed by atoms with Gasteiger partial charge in [0.2, 0.25) is 0 Å². The van der Waals surface area contributed by atoms with Crippen molar-refractivity contribution in [1.29, 1.82) is 0 Å². The van der Waals surface area contributed by atoms with Crippen molar-refractivity contribution in [1.82, 2.24) is 15.0 Å². The van der Waals surface area contributed by atoms with Gasteiger partial charge in [0, 0.05) is 42.1 Å². The number of rotatable bonds is 5. The summed E-state index contributed by atoms with van der Waals surface area (Å²) in [5, 5.41) is 4.59. The van der Waals surface area contributed by atoms with Crippen LogP contribution in [-0.4, -0.2) is 15.0 Å². The molecule has 0 fully saturated rings. The van der Waals surface area contributed by atoms with Crippen LogP contribution in [0.4, 0.5) is 0 Å². The highest BCUT2D eigenvalue weighted by atomic mass is 32.1. The molecule has 0 aliphatic carbocycles. The summed E-state index contributed by atoms with van der Waals surface area (Å²) in [5.74, 6) is 1.81. The molecule has 0 spiro atoms. The van der Waals surface area contributed by atoms with Crippen LogP contribution < -0.4 is 0 Å². The zero-order valence-corrected chi connectivity index (χ0v) is 27.6. The van der Waals surface area contributed by atoms with Gasteiger partial charge in [0.15, 0.2) is 17.5 Å². The molecule has 0 aliphatic rings. The predicted octanol–water partition coefficient (Wildman–Crippen LogP) is 12.5. The molecule has 0 saturated heterocycles. The molecule has 10 aromatic rings. The Bertz CT molecular complexity index is 2860. The molecule has 3 heterocycles. The molecule has 0 N–H and O–H groups in total. The quantitative estimate of drug-likeness (QED) is 0.185. The second kappa shape index (κ2) is 11.6. The average molecular weight is 658 g/mol. The smallest absolute Gasteiger partial charge is 0.167 e. The Labute approximate surface area is 292 Å². The molecule has 10 rings (SSSR count). The van der Waals surface area contributed by atoms with E-state index >= 15 is 0 Å².